The number of piperazine rings is 1. The summed E-state index contributed by atoms with van der Waals surface area (Å²) in [5, 5.41) is 7.58. The Morgan fingerprint density at radius 3 is 2.48 bits per heavy atom. The van der Waals surface area contributed by atoms with Crippen LogP contribution in [0.2, 0.25) is 0 Å². The standard InChI is InChI=1S/C15H24N4O2/c1-5-19-14(21)11(10-12(17-19)15(2,3)4)13(20)18-8-6-16-7-9-18/h10,16H,5-9H2,1-4H3. The highest BCUT2D eigenvalue weighted by Crippen LogP contribution is 2.20. The van der Waals surface area contributed by atoms with Crippen molar-refractivity contribution in [1.29, 1.82) is 0 Å². The lowest BCUT2D eigenvalue weighted by atomic mass is 9.91. The maximum Gasteiger partial charge on any atom is 0.279 e. The lowest BCUT2D eigenvalue weighted by molar-refractivity contribution is 0.0732. The monoisotopic (exact) mass is 292 g/mol. The predicted octanol–water partition coefficient (Wildman–Crippen LogP) is 0.606. The number of nitrogens with one attached hydrogen (secondary N) is 1. The molecule has 0 aromatic carbocycles. The normalized spacial score (nSPS) is 16.1. The Morgan fingerprint density at radius 1 is 1.33 bits per heavy atom. The lowest BCUT2D eigenvalue weighted by Gasteiger charge is -2.28. The van der Waals surface area contributed by atoms with Gasteiger partial charge in [0.1, 0.15) is 5.56 Å². The smallest absolute Gasteiger partial charge is 0.279 e. The summed E-state index contributed by atoms with van der Waals surface area (Å²) in [4.78, 5) is 26.8. The zero-order chi connectivity index (χ0) is 15.6. The first-order valence-electron chi connectivity index (χ1n) is 7.47. The fourth-order valence-corrected chi connectivity index (χ4v) is 2.31. The van der Waals surface area contributed by atoms with E-state index in [0.717, 1.165) is 18.8 Å². The van der Waals surface area contributed by atoms with Crippen molar-refractivity contribution in [2.45, 2.75) is 39.7 Å². The summed E-state index contributed by atoms with van der Waals surface area (Å²) in [6.07, 6.45) is 0. The Bertz CT molecular complexity index is 580. The van der Waals surface area contributed by atoms with Crippen molar-refractivity contribution >= 4 is 5.91 Å². The number of hydrogen-bond acceptors (Lipinski definition) is 4. The second-order valence-electron chi connectivity index (χ2n) is 6.36. The van der Waals surface area contributed by atoms with Gasteiger partial charge in [0.2, 0.25) is 0 Å². The summed E-state index contributed by atoms with van der Waals surface area (Å²) in [5.74, 6) is -0.184. The van der Waals surface area contributed by atoms with Crippen molar-refractivity contribution in [3.8, 4) is 0 Å². The molecule has 1 N–H and O–H groups in total. The van der Waals surface area contributed by atoms with Crippen molar-refractivity contribution in [2.75, 3.05) is 26.2 Å². The molecule has 1 aliphatic rings. The van der Waals surface area contributed by atoms with Gasteiger partial charge in [0.05, 0.1) is 5.69 Å². The molecule has 1 saturated heterocycles. The van der Waals surface area contributed by atoms with E-state index >= 15 is 0 Å². The van der Waals surface area contributed by atoms with Crippen LogP contribution in [0.5, 0.6) is 0 Å². The van der Waals surface area contributed by atoms with Gasteiger partial charge in [-0.05, 0) is 13.0 Å². The third kappa shape index (κ3) is 3.32. The van der Waals surface area contributed by atoms with Gasteiger partial charge in [0, 0.05) is 38.1 Å². The molecule has 1 aromatic heterocycles. The minimum absolute atomic E-state index is 0.184. The fourth-order valence-electron chi connectivity index (χ4n) is 2.31. The van der Waals surface area contributed by atoms with E-state index in [0.29, 0.717) is 19.6 Å². The van der Waals surface area contributed by atoms with E-state index in [2.05, 4.69) is 10.4 Å². The molecule has 1 aliphatic heterocycles. The Kier molecular flexibility index (Phi) is 4.46. The predicted molar refractivity (Wildman–Crippen MR) is 81.6 cm³/mol. The molecule has 0 unspecified atom stereocenters. The molecule has 6 nitrogen and oxygen atoms in total. The molecule has 0 aliphatic carbocycles. The van der Waals surface area contributed by atoms with Crippen molar-refractivity contribution < 1.29 is 4.79 Å². The highest BCUT2D eigenvalue weighted by Gasteiger charge is 2.25. The van der Waals surface area contributed by atoms with Gasteiger partial charge in [-0.1, -0.05) is 20.8 Å². The number of hydrogen-bond donors (Lipinski definition) is 1. The van der Waals surface area contributed by atoms with Gasteiger partial charge in [-0.15, -0.1) is 0 Å². The molecule has 2 heterocycles. The first-order chi connectivity index (χ1) is 9.84. The highest BCUT2D eigenvalue weighted by molar-refractivity contribution is 5.94. The van der Waals surface area contributed by atoms with Crippen LogP contribution in [-0.2, 0) is 12.0 Å². The van der Waals surface area contributed by atoms with Crippen molar-refractivity contribution in [3.05, 3.63) is 27.7 Å². The highest BCUT2D eigenvalue weighted by atomic mass is 16.2. The molecule has 6 heteroatoms. The van der Waals surface area contributed by atoms with Crippen LogP contribution < -0.4 is 10.9 Å². The number of carbonyl (C=O) groups is 1. The molecule has 2 rings (SSSR count). The van der Waals surface area contributed by atoms with Crippen molar-refractivity contribution in [1.82, 2.24) is 20.0 Å². The first-order valence-corrected chi connectivity index (χ1v) is 7.47. The molecule has 0 atom stereocenters. The van der Waals surface area contributed by atoms with E-state index in [9.17, 15) is 9.59 Å². The summed E-state index contributed by atoms with van der Waals surface area (Å²) < 4.78 is 1.38. The number of rotatable bonds is 2. The summed E-state index contributed by atoms with van der Waals surface area (Å²) in [5.41, 5.74) is 0.499. The molecule has 1 fully saturated rings. The minimum atomic E-state index is -0.297. The topological polar surface area (TPSA) is 67.2 Å². The maximum absolute atomic E-state index is 12.6. The minimum Gasteiger partial charge on any atom is -0.336 e. The van der Waals surface area contributed by atoms with E-state index in [4.69, 9.17) is 0 Å². The molecule has 1 amide bonds. The molecule has 0 saturated carbocycles. The van der Waals surface area contributed by atoms with Crippen LogP contribution in [-0.4, -0.2) is 46.8 Å². The number of aromatic nitrogens is 2. The molecule has 1 aromatic rings. The van der Waals surface area contributed by atoms with E-state index in [1.165, 1.54) is 4.68 Å². The summed E-state index contributed by atoms with van der Waals surface area (Å²) >= 11 is 0. The molecular formula is C15H24N4O2. The molecular weight excluding hydrogens is 268 g/mol. The van der Waals surface area contributed by atoms with Gasteiger partial charge < -0.3 is 10.2 Å². The average Bonchev–Trinajstić information content (AvgIpc) is 2.46. The van der Waals surface area contributed by atoms with E-state index in [-0.39, 0.29) is 22.4 Å². The number of amides is 1. The first kappa shape index (κ1) is 15.7. The van der Waals surface area contributed by atoms with Crippen molar-refractivity contribution in [3.63, 3.8) is 0 Å². The van der Waals surface area contributed by atoms with Gasteiger partial charge in [-0.2, -0.15) is 5.10 Å². The van der Waals surface area contributed by atoms with Crippen LogP contribution in [0, 0.1) is 0 Å². The van der Waals surface area contributed by atoms with Gasteiger partial charge in [-0.25, -0.2) is 4.68 Å². The fraction of sp³-hybridized carbons (Fsp3) is 0.667. The van der Waals surface area contributed by atoms with Crippen LogP contribution in [0.3, 0.4) is 0 Å². The number of carbonyl (C=O) groups excluding carboxylic acids is 1. The van der Waals surface area contributed by atoms with Gasteiger partial charge in [-0.3, -0.25) is 9.59 Å². The van der Waals surface area contributed by atoms with E-state index in [1.807, 2.05) is 27.7 Å². The Labute approximate surface area is 125 Å². The zero-order valence-corrected chi connectivity index (χ0v) is 13.3. The third-order valence-corrected chi connectivity index (χ3v) is 3.68. The summed E-state index contributed by atoms with van der Waals surface area (Å²) in [6.45, 7) is 11.2. The summed E-state index contributed by atoms with van der Waals surface area (Å²) in [7, 11) is 0. The molecule has 21 heavy (non-hydrogen) atoms. The Hall–Kier alpha value is -1.69. The average molecular weight is 292 g/mol. The Morgan fingerprint density at radius 2 is 1.95 bits per heavy atom. The molecule has 116 valence electrons. The zero-order valence-electron chi connectivity index (χ0n) is 13.3. The van der Waals surface area contributed by atoms with E-state index in [1.54, 1.807) is 11.0 Å². The summed E-state index contributed by atoms with van der Waals surface area (Å²) in [6, 6.07) is 1.67. The number of aryl methyl sites for hydroxylation is 1. The third-order valence-electron chi connectivity index (χ3n) is 3.68. The van der Waals surface area contributed by atoms with Crippen LogP contribution >= 0.6 is 0 Å². The lowest BCUT2D eigenvalue weighted by Crippen LogP contribution is -2.48. The van der Waals surface area contributed by atoms with Gasteiger partial charge in [0.15, 0.2) is 0 Å². The van der Waals surface area contributed by atoms with Crippen LogP contribution in [0.25, 0.3) is 0 Å². The van der Waals surface area contributed by atoms with Gasteiger partial charge >= 0.3 is 0 Å². The molecule has 0 bridgehead atoms. The second-order valence-corrected chi connectivity index (χ2v) is 6.36. The van der Waals surface area contributed by atoms with E-state index < -0.39 is 0 Å². The quantitative estimate of drug-likeness (QED) is 0.867. The Balaban J connectivity index is 2.46. The van der Waals surface area contributed by atoms with Crippen LogP contribution in [0.15, 0.2) is 10.9 Å². The SMILES string of the molecule is CCn1nc(C(C)(C)C)cc(C(=O)N2CCNCC2)c1=O. The number of nitrogens with zero attached hydrogens (tertiary/aromatic N) is 3. The second kappa shape index (κ2) is 5.97. The van der Waals surface area contributed by atoms with Crippen molar-refractivity contribution in [2.24, 2.45) is 0 Å². The van der Waals surface area contributed by atoms with Crippen LogP contribution in [0.4, 0.5) is 0 Å². The maximum atomic E-state index is 12.6. The largest absolute Gasteiger partial charge is 0.336 e. The van der Waals surface area contributed by atoms with Crippen LogP contribution in [0.1, 0.15) is 43.7 Å². The molecule has 0 radical (unpaired) electrons. The molecule has 0 spiro atoms. The van der Waals surface area contributed by atoms with Gasteiger partial charge in [0.25, 0.3) is 11.5 Å².